The molecule has 0 aromatic heterocycles. The van der Waals surface area contributed by atoms with Crippen LogP contribution < -0.4 is 15.4 Å². The van der Waals surface area contributed by atoms with Crippen molar-refractivity contribution in [2.24, 2.45) is 5.73 Å². The highest BCUT2D eigenvalue weighted by molar-refractivity contribution is 5.95. The van der Waals surface area contributed by atoms with Crippen LogP contribution in [0.15, 0.2) is 72.8 Å². The van der Waals surface area contributed by atoms with Gasteiger partial charge in [-0.2, -0.15) is 0 Å². The van der Waals surface area contributed by atoms with Crippen LogP contribution in [-0.4, -0.2) is 25.0 Å². The van der Waals surface area contributed by atoms with E-state index in [1.54, 1.807) is 0 Å². The van der Waals surface area contributed by atoms with Crippen LogP contribution in [0.3, 0.4) is 0 Å². The molecule has 0 aliphatic rings. The molecule has 0 unspecified atom stereocenters. The number of rotatable bonds is 7. The predicted octanol–water partition coefficient (Wildman–Crippen LogP) is 3.13. The molecule has 5 nitrogen and oxygen atoms in total. The lowest BCUT2D eigenvalue weighted by Gasteiger charge is -2.22. The van der Waals surface area contributed by atoms with E-state index in [4.69, 9.17) is 10.5 Å². The highest BCUT2D eigenvalue weighted by Gasteiger charge is 2.17. The zero-order valence-electron chi connectivity index (χ0n) is 14.3. The third kappa shape index (κ3) is 4.19. The highest BCUT2D eigenvalue weighted by Crippen LogP contribution is 2.25. The minimum Gasteiger partial charge on any atom is -0.483 e. The Hall–Kier alpha value is -3.34. The van der Waals surface area contributed by atoms with Crippen LogP contribution in [0.1, 0.15) is 6.42 Å². The summed E-state index contributed by atoms with van der Waals surface area (Å²) < 4.78 is 5.78. The van der Waals surface area contributed by atoms with Gasteiger partial charge in [0.2, 0.25) is 5.91 Å². The number of ether oxygens (including phenoxy) is 1. The fourth-order valence-electron chi connectivity index (χ4n) is 2.77. The average molecular weight is 348 g/mol. The van der Waals surface area contributed by atoms with Crippen LogP contribution >= 0.6 is 0 Å². The molecule has 0 saturated heterocycles. The van der Waals surface area contributed by atoms with E-state index in [-0.39, 0.29) is 25.5 Å². The zero-order valence-corrected chi connectivity index (χ0v) is 14.3. The largest absolute Gasteiger partial charge is 0.483 e. The monoisotopic (exact) mass is 348 g/mol. The number of hydrogen-bond acceptors (Lipinski definition) is 3. The summed E-state index contributed by atoms with van der Waals surface area (Å²) in [6.45, 7) is 0.0960. The molecule has 3 aromatic rings. The van der Waals surface area contributed by atoms with Gasteiger partial charge in [-0.1, -0.05) is 54.6 Å². The van der Waals surface area contributed by atoms with Gasteiger partial charge < -0.3 is 15.4 Å². The molecule has 3 rings (SSSR count). The number of anilines is 1. The van der Waals surface area contributed by atoms with Gasteiger partial charge in [0.25, 0.3) is 5.91 Å². The Bertz CT molecular complexity index is 904. The van der Waals surface area contributed by atoms with E-state index in [9.17, 15) is 9.59 Å². The first kappa shape index (κ1) is 17.5. The summed E-state index contributed by atoms with van der Waals surface area (Å²) in [5.74, 6) is -0.0292. The smallest absolute Gasteiger partial charge is 0.264 e. The topological polar surface area (TPSA) is 72.6 Å². The quantitative estimate of drug-likeness (QED) is 0.713. The van der Waals surface area contributed by atoms with Crippen molar-refractivity contribution in [3.05, 3.63) is 72.8 Å². The molecule has 0 aliphatic heterocycles. The van der Waals surface area contributed by atoms with Crippen molar-refractivity contribution in [3.8, 4) is 5.75 Å². The Kier molecular flexibility index (Phi) is 5.49. The standard InChI is InChI=1S/C21H20N2O3/c22-20(24)13-14-23(17-9-2-1-3-10-17)21(25)15-26-19-12-6-8-16-7-4-5-11-18(16)19/h1-12H,13-15H2,(H2,22,24). The lowest BCUT2D eigenvalue weighted by Crippen LogP contribution is -2.37. The van der Waals surface area contributed by atoms with E-state index in [0.29, 0.717) is 11.4 Å². The molecule has 0 saturated carbocycles. The maximum atomic E-state index is 12.7. The van der Waals surface area contributed by atoms with Crippen molar-refractivity contribution in [2.45, 2.75) is 6.42 Å². The van der Waals surface area contributed by atoms with Crippen LogP contribution in [0.5, 0.6) is 5.75 Å². The van der Waals surface area contributed by atoms with Crippen LogP contribution in [0.2, 0.25) is 0 Å². The fraction of sp³-hybridized carbons (Fsp3) is 0.143. The van der Waals surface area contributed by atoms with Gasteiger partial charge in [-0.3, -0.25) is 9.59 Å². The maximum absolute atomic E-state index is 12.7. The van der Waals surface area contributed by atoms with E-state index < -0.39 is 5.91 Å². The van der Waals surface area contributed by atoms with Crippen molar-refractivity contribution < 1.29 is 14.3 Å². The van der Waals surface area contributed by atoms with Gasteiger partial charge in [0.15, 0.2) is 6.61 Å². The Balaban J connectivity index is 1.76. The molecule has 0 atom stereocenters. The molecule has 3 aromatic carbocycles. The molecule has 0 radical (unpaired) electrons. The number of primary amides is 1. The molecule has 0 spiro atoms. The molecule has 2 N–H and O–H groups in total. The van der Waals surface area contributed by atoms with Gasteiger partial charge in [0.05, 0.1) is 0 Å². The van der Waals surface area contributed by atoms with Gasteiger partial charge >= 0.3 is 0 Å². The fourth-order valence-corrected chi connectivity index (χ4v) is 2.77. The van der Waals surface area contributed by atoms with Gasteiger partial charge in [-0.05, 0) is 23.6 Å². The molecular weight excluding hydrogens is 328 g/mol. The molecule has 2 amide bonds. The van der Waals surface area contributed by atoms with Crippen LogP contribution in [0.25, 0.3) is 10.8 Å². The summed E-state index contributed by atoms with van der Waals surface area (Å²) in [7, 11) is 0. The number of amides is 2. The molecule has 132 valence electrons. The molecular formula is C21H20N2O3. The Morgan fingerprint density at radius 2 is 1.58 bits per heavy atom. The van der Waals surface area contributed by atoms with Gasteiger partial charge in [-0.15, -0.1) is 0 Å². The van der Waals surface area contributed by atoms with Crippen molar-refractivity contribution >= 4 is 28.3 Å². The van der Waals surface area contributed by atoms with E-state index in [1.165, 1.54) is 4.90 Å². The van der Waals surface area contributed by atoms with Crippen LogP contribution in [-0.2, 0) is 9.59 Å². The normalized spacial score (nSPS) is 10.5. The van der Waals surface area contributed by atoms with Gasteiger partial charge in [-0.25, -0.2) is 0 Å². The predicted molar refractivity (Wildman–Crippen MR) is 102 cm³/mol. The summed E-state index contributed by atoms with van der Waals surface area (Å²) in [5, 5.41) is 2.00. The number of nitrogens with two attached hydrogens (primary N) is 1. The lowest BCUT2D eigenvalue weighted by atomic mass is 10.1. The van der Waals surface area contributed by atoms with Gasteiger partial charge in [0, 0.05) is 24.0 Å². The number of carbonyl (C=O) groups is 2. The first-order valence-electron chi connectivity index (χ1n) is 8.39. The Morgan fingerprint density at radius 3 is 2.35 bits per heavy atom. The van der Waals surface area contributed by atoms with Crippen molar-refractivity contribution in [2.75, 3.05) is 18.1 Å². The van der Waals surface area contributed by atoms with Gasteiger partial charge in [0.1, 0.15) is 5.75 Å². The average Bonchev–Trinajstić information content (AvgIpc) is 2.67. The first-order valence-corrected chi connectivity index (χ1v) is 8.39. The lowest BCUT2D eigenvalue weighted by molar-refractivity contribution is -0.120. The third-order valence-corrected chi connectivity index (χ3v) is 4.05. The second-order valence-electron chi connectivity index (χ2n) is 5.86. The van der Waals surface area contributed by atoms with Crippen molar-refractivity contribution in [1.29, 1.82) is 0 Å². The number of carbonyl (C=O) groups excluding carboxylic acids is 2. The van der Waals surface area contributed by atoms with Crippen molar-refractivity contribution in [3.63, 3.8) is 0 Å². The SMILES string of the molecule is NC(=O)CCN(C(=O)COc1cccc2ccccc12)c1ccccc1. The first-order chi connectivity index (χ1) is 12.6. The number of fused-ring (bicyclic) bond motifs is 1. The molecule has 5 heteroatoms. The number of para-hydroxylation sites is 1. The van der Waals surface area contributed by atoms with Crippen molar-refractivity contribution in [1.82, 2.24) is 0 Å². The third-order valence-electron chi connectivity index (χ3n) is 4.05. The molecule has 0 fully saturated rings. The summed E-state index contributed by atoms with van der Waals surface area (Å²) in [6, 6.07) is 22.7. The molecule has 0 bridgehead atoms. The molecule has 0 heterocycles. The summed E-state index contributed by atoms with van der Waals surface area (Å²) >= 11 is 0. The Morgan fingerprint density at radius 1 is 0.885 bits per heavy atom. The molecule has 0 aliphatic carbocycles. The van der Waals surface area contributed by atoms with E-state index in [1.807, 2.05) is 72.8 Å². The second kappa shape index (κ2) is 8.16. The minimum absolute atomic E-state index is 0.0922. The number of hydrogen-bond donors (Lipinski definition) is 1. The van der Waals surface area contributed by atoms with Crippen LogP contribution in [0.4, 0.5) is 5.69 Å². The zero-order chi connectivity index (χ0) is 18.4. The summed E-state index contributed by atoms with van der Waals surface area (Å²) in [4.78, 5) is 25.4. The van der Waals surface area contributed by atoms with E-state index in [0.717, 1.165) is 10.8 Å². The minimum atomic E-state index is -0.450. The second-order valence-corrected chi connectivity index (χ2v) is 5.86. The van der Waals surface area contributed by atoms with E-state index in [2.05, 4.69) is 0 Å². The van der Waals surface area contributed by atoms with Crippen LogP contribution in [0, 0.1) is 0 Å². The Labute approximate surface area is 152 Å². The summed E-state index contributed by atoms with van der Waals surface area (Å²) in [6.07, 6.45) is 0.0922. The molecule has 26 heavy (non-hydrogen) atoms. The number of benzene rings is 3. The highest BCUT2D eigenvalue weighted by atomic mass is 16.5. The number of nitrogens with zero attached hydrogens (tertiary/aromatic N) is 1. The maximum Gasteiger partial charge on any atom is 0.264 e. The van der Waals surface area contributed by atoms with E-state index >= 15 is 0 Å². The summed E-state index contributed by atoms with van der Waals surface area (Å²) in [5.41, 5.74) is 5.95.